The number of halogens is 1. The molecule has 0 atom stereocenters. The number of non-ortho nitro benzene ring substituents is 1. The molecular formula is C14H10FNO4S. The van der Waals surface area contributed by atoms with Crippen molar-refractivity contribution in [1.29, 1.82) is 0 Å². The molecule has 0 heterocycles. The third-order valence-corrected chi connectivity index (χ3v) is 3.81. The molecule has 0 unspecified atom stereocenters. The number of aromatic carboxylic acids is 1. The van der Waals surface area contributed by atoms with Gasteiger partial charge in [-0.15, -0.1) is 11.8 Å². The molecule has 0 aromatic heterocycles. The van der Waals surface area contributed by atoms with Crippen LogP contribution < -0.4 is 0 Å². The predicted octanol–water partition coefficient (Wildman–Crippen LogP) is 3.72. The molecule has 0 bridgehead atoms. The standard InChI is InChI=1S/C14H10FNO4S/c15-10-2-1-9(13(7-10)14(17)18)8-21-12-5-3-11(4-6-12)16(19)20/h1-7H,8H2,(H,17,18). The van der Waals surface area contributed by atoms with Gasteiger partial charge in [0.1, 0.15) is 5.82 Å². The van der Waals surface area contributed by atoms with E-state index in [1.54, 1.807) is 12.1 Å². The number of thioether (sulfide) groups is 1. The van der Waals surface area contributed by atoms with E-state index in [2.05, 4.69) is 0 Å². The highest BCUT2D eigenvalue weighted by atomic mass is 32.2. The van der Waals surface area contributed by atoms with Gasteiger partial charge in [0.25, 0.3) is 5.69 Å². The van der Waals surface area contributed by atoms with Crippen molar-refractivity contribution in [3.8, 4) is 0 Å². The van der Waals surface area contributed by atoms with Gasteiger partial charge in [0.05, 0.1) is 10.5 Å². The number of hydrogen-bond acceptors (Lipinski definition) is 4. The summed E-state index contributed by atoms with van der Waals surface area (Å²) in [4.78, 5) is 21.9. The SMILES string of the molecule is O=C(O)c1cc(F)ccc1CSc1ccc([N+](=O)[O-])cc1. The minimum atomic E-state index is -1.19. The minimum absolute atomic E-state index is 0.00708. The van der Waals surface area contributed by atoms with Crippen molar-refractivity contribution in [2.75, 3.05) is 0 Å². The van der Waals surface area contributed by atoms with Crippen LogP contribution in [0.2, 0.25) is 0 Å². The summed E-state index contributed by atoms with van der Waals surface area (Å²) in [5.74, 6) is -1.45. The van der Waals surface area contributed by atoms with Gasteiger partial charge in [-0.3, -0.25) is 10.1 Å². The molecule has 2 rings (SSSR count). The van der Waals surface area contributed by atoms with Crippen LogP contribution in [0.15, 0.2) is 47.4 Å². The van der Waals surface area contributed by atoms with E-state index in [-0.39, 0.29) is 11.3 Å². The van der Waals surface area contributed by atoms with Crippen molar-refractivity contribution in [3.05, 3.63) is 69.5 Å². The van der Waals surface area contributed by atoms with Crippen molar-refractivity contribution in [1.82, 2.24) is 0 Å². The normalized spacial score (nSPS) is 10.3. The molecule has 0 saturated heterocycles. The van der Waals surface area contributed by atoms with Crippen molar-refractivity contribution < 1.29 is 19.2 Å². The number of carboxylic acids is 1. The van der Waals surface area contributed by atoms with Crippen molar-refractivity contribution >= 4 is 23.4 Å². The van der Waals surface area contributed by atoms with Gasteiger partial charge < -0.3 is 5.11 Å². The zero-order valence-corrected chi connectivity index (χ0v) is 11.5. The van der Waals surface area contributed by atoms with Crippen LogP contribution in [0.4, 0.5) is 10.1 Å². The molecule has 0 radical (unpaired) electrons. The lowest BCUT2D eigenvalue weighted by Crippen LogP contribution is -2.02. The van der Waals surface area contributed by atoms with Crippen LogP contribution in [0.3, 0.4) is 0 Å². The lowest BCUT2D eigenvalue weighted by atomic mass is 10.1. The Bertz CT molecular complexity index is 688. The molecule has 2 aromatic carbocycles. The number of hydrogen-bond donors (Lipinski definition) is 1. The van der Waals surface area contributed by atoms with Gasteiger partial charge in [0, 0.05) is 22.8 Å². The molecule has 21 heavy (non-hydrogen) atoms. The molecule has 0 spiro atoms. The highest BCUT2D eigenvalue weighted by Gasteiger charge is 2.12. The van der Waals surface area contributed by atoms with Gasteiger partial charge in [0.15, 0.2) is 0 Å². The summed E-state index contributed by atoms with van der Waals surface area (Å²) in [5, 5.41) is 19.6. The van der Waals surface area contributed by atoms with Crippen LogP contribution in [0.1, 0.15) is 15.9 Å². The van der Waals surface area contributed by atoms with E-state index in [1.807, 2.05) is 0 Å². The van der Waals surface area contributed by atoms with E-state index in [9.17, 15) is 19.3 Å². The third-order valence-electron chi connectivity index (χ3n) is 2.74. The lowest BCUT2D eigenvalue weighted by Gasteiger charge is -2.06. The fraction of sp³-hybridized carbons (Fsp3) is 0.0714. The monoisotopic (exact) mass is 307 g/mol. The van der Waals surface area contributed by atoms with Gasteiger partial charge in [0.2, 0.25) is 0 Å². The molecule has 2 aromatic rings. The van der Waals surface area contributed by atoms with Crippen molar-refractivity contribution in [2.24, 2.45) is 0 Å². The van der Waals surface area contributed by atoms with E-state index in [0.29, 0.717) is 11.3 Å². The molecule has 0 aliphatic heterocycles. The molecule has 0 fully saturated rings. The number of rotatable bonds is 5. The smallest absolute Gasteiger partial charge is 0.336 e. The minimum Gasteiger partial charge on any atom is -0.478 e. The summed E-state index contributed by atoms with van der Waals surface area (Å²) in [5.41, 5.74) is 0.407. The van der Waals surface area contributed by atoms with Crippen LogP contribution in [-0.4, -0.2) is 16.0 Å². The number of benzene rings is 2. The molecule has 7 heteroatoms. The van der Waals surface area contributed by atoms with Crippen LogP contribution in [0.25, 0.3) is 0 Å². The van der Waals surface area contributed by atoms with Gasteiger partial charge >= 0.3 is 5.97 Å². The number of carboxylic acid groups (broad SMARTS) is 1. The molecule has 0 amide bonds. The first kappa shape index (κ1) is 15.0. The third kappa shape index (κ3) is 3.79. The first-order valence-electron chi connectivity index (χ1n) is 5.86. The molecule has 0 aliphatic rings. The van der Waals surface area contributed by atoms with Gasteiger partial charge in [-0.1, -0.05) is 6.07 Å². The number of nitro groups is 1. The molecule has 0 saturated carbocycles. The second-order valence-electron chi connectivity index (χ2n) is 4.15. The number of carbonyl (C=O) groups is 1. The molecule has 5 nitrogen and oxygen atoms in total. The summed E-state index contributed by atoms with van der Waals surface area (Å²) in [7, 11) is 0. The maximum atomic E-state index is 13.1. The average Bonchev–Trinajstić information content (AvgIpc) is 2.46. The Labute approximate surface area is 123 Å². The van der Waals surface area contributed by atoms with Crippen LogP contribution >= 0.6 is 11.8 Å². The first-order valence-corrected chi connectivity index (χ1v) is 6.85. The number of nitro benzene ring substituents is 1. The van der Waals surface area contributed by atoms with E-state index in [4.69, 9.17) is 5.11 Å². The number of nitrogens with zero attached hydrogens (tertiary/aromatic N) is 1. The Morgan fingerprint density at radius 2 is 1.90 bits per heavy atom. The predicted molar refractivity (Wildman–Crippen MR) is 76.0 cm³/mol. The Balaban J connectivity index is 2.13. The largest absolute Gasteiger partial charge is 0.478 e. The van der Waals surface area contributed by atoms with E-state index >= 15 is 0 Å². The lowest BCUT2D eigenvalue weighted by molar-refractivity contribution is -0.384. The molecule has 1 N–H and O–H groups in total. The topological polar surface area (TPSA) is 80.4 Å². The highest BCUT2D eigenvalue weighted by Crippen LogP contribution is 2.26. The van der Waals surface area contributed by atoms with Gasteiger partial charge in [-0.2, -0.15) is 0 Å². The van der Waals surface area contributed by atoms with Crippen LogP contribution in [0.5, 0.6) is 0 Å². The summed E-state index contributed by atoms with van der Waals surface area (Å²) in [6, 6.07) is 9.55. The van der Waals surface area contributed by atoms with E-state index < -0.39 is 16.7 Å². The summed E-state index contributed by atoms with van der Waals surface area (Å²) >= 11 is 1.32. The first-order chi connectivity index (χ1) is 9.97. The average molecular weight is 307 g/mol. The Morgan fingerprint density at radius 3 is 2.48 bits per heavy atom. The zero-order chi connectivity index (χ0) is 15.4. The summed E-state index contributed by atoms with van der Waals surface area (Å²) < 4.78 is 13.1. The van der Waals surface area contributed by atoms with E-state index in [1.165, 1.54) is 36.0 Å². The fourth-order valence-electron chi connectivity index (χ4n) is 1.70. The van der Waals surface area contributed by atoms with Gasteiger partial charge in [-0.05, 0) is 29.8 Å². The van der Waals surface area contributed by atoms with Crippen molar-refractivity contribution in [2.45, 2.75) is 10.6 Å². The Hall–Kier alpha value is -2.41. The Morgan fingerprint density at radius 1 is 1.24 bits per heavy atom. The second-order valence-corrected chi connectivity index (χ2v) is 5.20. The fourth-order valence-corrected chi connectivity index (χ4v) is 2.60. The van der Waals surface area contributed by atoms with Crippen molar-refractivity contribution in [3.63, 3.8) is 0 Å². The second kappa shape index (κ2) is 6.36. The van der Waals surface area contributed by atoms with Crippen LogP contribution in [-0.2, 0) is 5.75 Å². The molecule has 108 valence electrons. The highest BCUT2D eigenvalue weighted by molar-refractivity contribution is 7.98. The maximum Gasteiger partial charge on any atom is 0.336 e. The summed E-state index contributed by atoms with van der Waals surface area (Å²) in [6.45, 7) is 0. The van der Waals surface area contributed by atoms with E-state index in [0.717, 1.165) is 11.0 Å². The van der Waals surface area contributed by atoms with Gasteiger partial charge in [-0.25, -0.2) is 9.18 Å². The summed E-state index contributed by atoms with van der Waals surface area (Å²) in [6.07, 6.45) is 0. The quantitative estimate of drug-likeness (QED) is 0.517. The Kier molecular flexibility index (Phi) is 4.54. The maximum absolute atomic E-state index is 13.1. The molecule has 0 aliphatic carbocycles. The zero-order valence-electron chi connectivity index (χ0n) is 10.7. The molecular weight excluding hydrogens is 297 g/mol. The van der Waals surface area contributed by atoms with Crippen LogP contribution in [0, 0.1) is 15.9 Å².